The number of nitrogens with zero attached hydrogens (tertiary/aromatic N) is 2. The van der Waals surface area contributed by atoms with Gasteiger partial charge in [-0.15, -0.1) is 10.2 Å². The summed E-state index contributed by atoms with van der Waals surface area (Å²) in [6.45, 7) is 5.52. The molecule has 136 valence electrons. The molecule has 0 radical (unpaired) electrons. The van der Waals surface area contributed by atoms with Crippen molar-refractivity contribution in [2.45, 2.75) is 33.4 Å². The summed E-state index contributed by atoms with van der Waals surface area (Å²) < 4.78 is 10.8. The predicted molar refractivity (Wildman–Crippen MR) is 98.8 cm³/mol. The van der Waals surface area contributed by atoms with Crippen molar-refractivity contribution >= 4 is 39.8 Å². The molecule has 3 aromatic rings. The van der Waals surface area contributed by atoms with Crippen LogP contribution in [-0.4, -0.2) is 22.2 Å². The number of hydrogen-bond donors (Lipinski definition) is 1. The largest absolute Gasteiger partial charge is 0.479 e. The van der Waals surface area contributed by atoms with E-state index in [0.717, 1.165) is 10.6 Å². The molecule has 0 aliphatic carbocycles. The van der Waals surface area contributed by atoms with Crippen LogP contribution in [0.2, 0.25) is 5.02 Å². The first-order valence-corrected chi connectivity index (χ1v) is 9.00. The SMILES string of the molecule is Cc1nnc(CNC(=O)C(C)Oc2cc3oc(=O)cc(C)c3cc2Cl)s1. The van der Waals surface area contributed by atoms with Crippen LogP contribution in [0, 0.1) is 13.8 Å². The monoisotopic (exact) mass is 393 g/mol. The summed E-state index contributed by atoms with van der Waals surface area (Å²) in [4.78, 5) is 23.8. The Balaban J connectivity index is 1.73. The summed E-state index contributed by atoms with van der Waals surface area (Å²) in [5.74, 6) is -0.0537. The second-order valence-corrected chi connectivity index (χ2v) is 7.39. The summed E-state index contributed by atoms with van der Waals surface area (Å²) in [5, 5.41) is 13.2. The van der Waals surface area contributed by atoms with Crippen molar-refractivity contribution < 1.29 is 13.9 Å². The van der Waals surface area contributed by atoms with Crippen LogP contribution in [0.25, 0.3) is 11.0 Å². The van der Waals surface area contributed by atoms with Crippen molar-refractivity contribution in [2.75, 3.05) is 0 Å². The fraction of sp³-hybridized carbons (Fsp3) is 0.294. The summed E-state index contributed by atoms with van der Waals surface area (Å²) in [5.41, 5.74) is 0.649. The van der Waals surface area contributed by atoms with E-state index in [0.29, 0.717) is 21.0 Å². The number of hydrogen-bond acceptors (Lipinski definition) is 7. The molecule has 1 unspecified atom stereocenters. The highest BCUT2D eigenvalue weighted by atomic mass is 35.5. The predicted octanol–water partition coefficient (Wildman–Crippen LogP) is 3.00. The molecular formula is C17H16ClN3O4S. The van der Waals surface area contributed by atoms with E-state index in [1.165, 1.54) is 23.5 Å². The average molecular weight is 394 g/mol. The number of aryl methyl sites for hydroxylation is 2. The minimum Gasteiger partial charge on any atom is -0.479 e. The van der Waals surface area contributed by atoms with Crippen molar-refractivity contribution in [3.8, 4) is 5.75 Å². The topological polar surface area (TPSA) is 94.3 Å². The van der Waals surface area contributed by atoms with Crippen LogP contribution in [0.1, 0.15) is 22.5 Å². The first-order valence-electron chi connectivity index (χ1n) is 7.81. The molecule has 0 aliphatic rings. The summed E-state index contributed by atoms with van der Waals surface area (Å²) >= 11 is 7.66. The van der Waals surface area contributed by atoms with Crippen LogP contribution in [0.3, 0.4) is 0 Å². The number of aromatic nitrogens is 2. The third-order valence-electron chi connectivity index (χ3n) is 3.66. The molecule has 0 saturated carbocycles. The van der Waals surface area contributed by atoms with E-state index in [2.05, 4.69) is 15.5 Å². The van der Waals surface area contributed by atoms with E-state index in [9.17, 15) is 9.59 Å². The van der Waals surface area contributed by atoms with Crippen molar-refractivity contribution in [3.05, 3.63) is 49.2 Å². The van der Waals surface area contributed by atoms with Crippen LogP contribution in [-0.2, 0) is 11.3 Å². The molecule has 9 heteroatoms. The first kappa shape index (κ1) is 18.3. The van der Waals surface area contributed by atoms with Crippen LogP contribution < -0.4 is 15.7 Å². The number of ether oxygens (including phenoxy) is 1. The number of carbonyl (C=O) groups excluding carboxylic acids is 1. The van der Waals surface area contributed by atoms with Crippen molar-refractivity contribution in [2.24, 2.45) is 0 Å². The van der Waals surface area contributed by atoms with Crippen LogP contribution in [0.15, 0.2) is 27.4 Å². The molecule has 1 aromatic carbocycles. The minimum absolute atomic E-state index is 0.266. The number of nitrogens with one attached hydrogen (secondary N) is 1. The molecule has 0 aliphatic heterocycles. The van der Waals surface area contributed by atoms with Gasteiger partial charge in [0.2, 0.25) is 0 Å². The first-order chi connectivity index (χ1) is 12.3. The number of rotatable bonds is 5. The zero-order valence-electron chi connectivity index (χ0n) is 14.3. The van der Waals surface area contributed by atoms with Gasteiger partial charge in [-0.05, 0) is 32.4 Å². The Hall–Kier alpha value is -2.45. The van der Waals surface area contributed by atoms with Crippen molar-refractivity contribution in [1.29, 1.82) is 0 Å². The van der Waals surface area contributed by atoms with E-state index in [1.54, 1.807) is 19.9 Å². The quantitative estimate of drug-likeness (QED) is 0.669. The third kappa shape index (κ3) is 4.03. The lowest BCUT2D eigenvalue weighted by Gasteiger charge is -2.15. The van der Waals surface area contributed by atoms with E-state index in [-0.39, 0.29) is 18.2 Å². The standard InChI is InChI=1S/C17H16ClN3O4S/c1-8-4-16(22)25-13-6-14(12(18)5-11(8)13)24-9(2)17(23)19-7-15-21-20-10(3)26-15/h4-6,9H,7H2,1-3H3,(H,19,23). The normalized spacial score (nSPS) is 12.2. The van der Waals surface area contributed by atoms with Gasteiger partial charge < -0.3 is 14.5 Å². The summed E-state index contributed by atoms with van der Waals surface area (Å²) in [6, 6.07) is 4.56. The molecule has 0 spiro atoms. The Morgan fingerprint density at radius 3 is 2.81 bits per heavy atom. The maximum absolute atomic E-state index is 12.2. The molecule has 1 amide bonds. The van der Waals surface area contributed by atoms with Gasteiger partial charge in [-0.25, -0.2) is 4.79 Å². The van der Waals surface area contributed by atoms with Gasteiger partial charge in [-0.3, -0.25) is 4.79 Å². The molecule has 0 fully saturated rings. The number of amides is 1. The minimum atomic E-state index is -0.796. The fourth-order valence-electron chi connectivity index (χ4n) is 2.37. The van der Waals surface area contributed by atoms with Gasteiger partial charge in [0, 0.05) is 17.5 Å². The zero-order chi connectivity index (χ0) is 18.8. The number of benzene rings is 1. The summed E-state index contributed by atoms with van der Waals surface area (Å²) in [6.07, 6.45) is -0.796. The van der Waals surface area contributed by atoms with E-state index < -0.39 is 11.7 Å². The van der Waals surface area contributed by atoms with E-state index in [4.69, 9.17) is 20.8 Å². The highest BCUT2D eigenvalue weighted by Gasteiger charge is 2.18. The lowest BCUT2D eigenvalue weighted by Crippen LogP contribution is -2.35. The number of carbonyl (C=O) groups is 1. The van der Waals surface area contributed by atoms with Gasteiger partial charge in [0.05, 0.1) is 11.6 Å². The Morgan fingerprint density at radius 2 is 2.12 bits per heavy atom. The molecule has 26 heavy (non-hydrogen) atoms. The highest BCUT2D eigenvalue weighted by molar-refractivity contribution is 7.11. The van der Waals surface area contributed by atoms with Gasteiger partial charge in [0.25, 0.3) is 5.91 Å². The third-order valence-corrected chi connectivity index (χ3v) is 4.79. The lowest BCUT2D eigenvalue weighted by molar-refractivity contribution is -0.127. The fourth-order valence-corrected chi connectivity index (χ4v) is 3.23. The number of halogens is 1. The summed E-state index contributed by atoms with van der Waals surface area (Å²) in [7, 11) is 0. The smallest absolute Gasteiger partial charge is 0.336 e. The molecule has 1 N–H and O–H groups in total. The molecule has 2 aromatic heterocycles. The van der Waals surface area contributed by atoms with Crippen LogP contribution in [0.5, 0.6) is 5.75 Å². The van der Waals surface area contributed by atoms with Gasteiger partial charge >= 0.3 is 5.63 Å². The second kappa shape index (κ2) is 7.43. The Bertz CT molecular complexity index is 1030. The Morgan fingerprint density at radius 1 is 1.35 bits per heavy atom. The second-order valence-electron chi connectivity index (χ2n) is 5.72. The van der Waals surface area contributed by atoms with Gasteiger partial charge in [0.1, 0.15) is 21.3 Å². The zero-order valence-corrected chi connectivity index (χ0v) is 15.9. The maximum Gasteiger partial charge on any atom is 0.336 e. The Labute approximate surface area is 158 Å². The van der Waals surface area contributed by atoms with Gasteiger partial charge in [-0.2, -0.15) is 0 Å². The number of fused-ring (bicyclic) bond motifs is 1. The van der Waals surface area contributed by atoms with Crippen molar-refractivity contribution in [1.82, 2.24) is 15.5 Å². The Kier molecular flexibility index (Phi) is 5.24. The van der Waals surface area contributed by atoms with E-state index >= 15 is 0 Å². The van der Waals surface area contributed by atoms with Crippen LogP contribution >= 0.6 is 22.9 Å². The van der Waals surface area contributed by atoms with Gasteiger partial charge in [-0.1, -0.05) is 22.9 Å². The maximum atomic E-state index is 12.2. The van der Waals surface area contributed by atoms with E-state index in [1.807, 2.05) is 6.92 Å². The molecule has 7 nitrogen and oxygen atoms in total. The molecule has 2 heterocycles. The van der Waals surface area contributed by atoms with Crippen molar-refractivity contribution in [3.63, 3.8) is 0 Å². The average Bonchev–Trinajstić information content (AvgIpc) is 2.99. The molecule has 0 saturated heterocycles. The molecule has 3 rings (SSSR count). The molecule has 1 atom stereocenters. The van der Waals surface area contributed by atoms with Crippen LogP contribution in [0.4, 0.5) is 0 Å². The highest BCUT2D eigenvalue weighted by Crippen LogP contribution is 2.31. The van der Waals surface area contributed by atoms with Gasteiger partial charge in [0.15, 0.2) is 6.10 Å². The molecular weight excluding hydrogens is 378 g/mol. The lowest BCUT2D eigenvalue weighted by atomic mass is 10.1. The molecule has 0 bridgehead atoms.